The van der Waals surface area contributed by atoms with Gasteiger partial charge in [-0.25, -0.2) is 0 Å². The van der Waals surface area contributed by atoms with Gasteiger partial charge in [-0.3, -0.25) is 0 Å². The summed E-state index contributed by atoms with van der Waals surface area (Å²) in [5, 5.41) is 0. The highest BCUT2D eigenvalue weighted by molar-refractivity contribution is 5.63. The summed E-state index contributed by atoms with van der Waals surface area (Å²) in [6.07, 6.45) is 12.3. The Labute approximate surface area is 74.9 Å². The molecule has 0 radical (unpaired) electrons. The van der Waals surface area contributed by atoms with E-state index < -0.39 is 5.41 Å². The predicted molar refractivity (Wildman–Crippen MR) is 51.7 cm³/mol. The summed E-state index contributed by atoms with van der Waals surface area (Å²) in [6.45, 7) is 4.02. The molecular weight excluding hydrogens is 148 g/mol. The average molecular weight is 164 g/mol. The van der Waals surface area contributed by atoms with Crippen molar-refractivity contribution in [2.45, 2.75) is 33.1 Å². The van der Waals surface area contributed by atoms with Crippen LogP contribution >= 0.6 is 0 Å². The van der Waals surface area contributed by atoms with Crippen LogP contribution in [-0.4, -0.2) is 6.29 Å². The number of allylic oxidation sites excluding steroid dienone is 2. The fourth-order valence-corrected chi connectivity index (χ4v) is 1.01. The molecule has 0 heterocycles. The Balaban J connectivity index is 4.47. The third-order valence-electron chi connectivity index (χ3n) is 2.01. The fraction of sp³-hybridized carbons (Fsp3) is 0.545. The molecule has 1 unspecified atom stereocenters. The van der Waals surface area contributed by atoms with E-state index in [2.05, 4.69) is 5.92 Å². The number of hydrogen-bond donors (Lipinski definition) is 0. The Kier molecular flexibility index (Phi) is 5.12. The van der Waals surface area contributed by atoms with Crippen molar-refractivity contribution in [3.63, 3.8) is 0 Å². The predicted octanol–water partition coefficient (Wildman–Crippen LogP) is 2.57. The number of carbonyl (C=O) groups is 1. The minimum atomic E-state index is -0.412. The van der Waals surface area contributed by atoms with E-state index in [1.54, 1.807) is 0 Å². The second-order valence-corrected chi connectivity index (χ2v) is 2.90. The molecule has 0 saturated carbocycles. The molecule has 0 aliphatic carbocycles. The van der Waals surface area contributed by atoms with Gasteiger partial charge in [0.15, 0.2) is 0 Å². The number of aldehydes is 1. The van der Waals surface area contributed by atoms with Crippen molar-refractivity contribution < 1.29 is 4.79 Å². The molecular formula is C11H16O. The summed E-state index contributed by atoms with van der Waals surface area (Å²) in [5.74, 6) is 2.54. The molecule has 1 nitrogen and oxygen atoms in total. The molecule has 12 heavy (non-hydrogen) atoms. The maximum Gasteiger partial charge on any atom is 0.130 e. The maximum absolute atomic E-state index is 10.8. The first-order chi connectivity index (χ1) is 5.74. The smallest absolute Gasteiger partial charge is 0.130 e. The van der Waals surface area contributed by atoms with E-state index in [4.69, 9.17) is 6.42 Å². The number of terminal acetylenes is 1. The van der Waals surface area contributed by atoms with Crippen LogP contribution in [0.1, 0.15) is 33.1 Å². The highest BCUT2D eigenvalue weighted by Crippen LogP contribution is 2.25. The quantitative estimate of drug-likeness (QED) is 0.347. The first-order valence-electron chi connectivity index (χ1n) is 4.32. The van der Waals surface area contributed by atoms with E-state index in [9.17, 15) is 4.79 Å². The van der Waals surface area contributed by atoms with Crippen LogP contribution in [0.3, 0.4) is 0 Å². The molecule has 0 bridgehead atoms. The summed E-state index contributed by atoms with van der Waals surface area (Å²) in [4.78, 5) is 10.8. The fourth-order valence-electron chi connectivity index (χ4n) is 1.01. The third-order valence-corrected chi connectivity index (χ3v) is 2.01. The van der Waals surface area contributed by atoms with Gasteiger partial charge in [-0.05, 0) is 12.8 Å². The minimum absolute atomic E-state index is 0.412. The summed E-state index contributed by atoms with van der Waals surface area (Å²) >= 11 is 0. The topological polar surface area (TPSA) is 17.1 Å². The van der Waals surface area contributed by atoms with Crippen molar-refractivity contribution in [3.8, 4) is 12.3 Å². The van der Waals surface area contributed by atoms with E-state index in [-0.39, 0.29) is 0 Å². The third kappa shape index (κ3) is 2.92. The van der Waals surface area contributed by atoms with E-state index in [1.807, 2.05) is 26.0 Å². The molecule has 0 saturated heterocycles. The van der Waals surface area contributed by atoms with E-state index in [0.29, 0.717) is 6.42 Å². The Morgan fingerprint density at radius 2 is 2.17 bits per heavy atom. The molecule has 0 aromatic carbocycles. The molecule has 0 amide bonds. The van der Waals surface area contributed by atoms with Crippen LogP contribution in [0.4, 0.5) is 0 Å². The highest BCUT2D eigenvalue weighted by Gasteiger charge is 2.22. The van der Waals surface area contributed by atoms with Crippen LogP contribution in [0.15, 0.2) is 12.2 Å². The Morgan fingerprint density at radius 1 is 1.50 bits per heavy atom. The van der Waals surface area contributed by atoms with Crippen molar-refractivity contribution in [2.75, 3.05) is 0 Å². The molecule has 0 aromatic rings. The molecule has 0 spiro atoms. The first kappa shape index (κ1) is 11.0. The maximum atomic E-state index is 10.8. The highest BCUT2D eigenvalue weighted by atomic mass is 16.1. The molecule has 0 aliphatic rings. The van der Waals surface area contributed by atoms with E-state index in [1.165, 1.54) is 0 Å². The average Bonchev–Trinajstić information content (AvgIpc) is 2.13. The lowest BCUT2D eigenvalue weighted by Crippen LogP contribution is -2.17. The van der Waals surface area contributed by atoms with Gasteiger partial charge in [0.1, 0.15) is 6.29 Å². The van der Waals surface area contributed by atoms with Crippen molar-refractivity contribution in [2.24, 2.45) is 5.41 Å². The lowest BCUT2D eigenvalue weighted by atomic mass is 9.83. The molecule has 0 aliphatic heterocycles. The minimum Gasteiger partial charge on any atom is -0.302 e. The molecule has 0 rings (SSSR count). The van der Waals surface area contributed by atoms with Gasteiger partial charge in [0, 0.05) is 6.42 Å². The molecule has 0 N–H and O–H groups in total. The van der Waals surface area contributed by atoms with Crippen LogP contribution in [0.25, 0.3) is 0 Å². The second-order valence-electron chi connectivity index (χ2n) is 2.90. The molecule has 0 fully saturated rings. The second kappa shape index (κ2) is 5.60. The first-order valence-corrected chi connectivity index (χ1v) is 4.32. The monoisotopic (exact) mass is 164 g/mol. The Bertz CT molecular complexity index is 198. The molecule has 1 heteroatoms. The molecule has 66 valence electrons. The SMILES string of the molecule is C#CCC(C=O)(/C=C/CC)CC. The normalized spacial score (nSPS) is 15.4. The number of rotatable bonds is 5. The van der Waals surface area contributed by atoms with Gasteiger partial charge in [0.2, 0.25) is 0 Å². The van der Waals surface area contributed by atoms with Gasteiger partial charge in [0.25, 0.3) is 0 Å². The Morgan fingerprint density at radius 3 is 2.50 bits per heavy atom. The van der Waals surface area contributed by atoms with Crippen molar-refractivity contribution in [3.05, 3.63) is 12.2 Å². The van der Waals surface area contributed by atoms with E-state index >= 15 is 0 Å². The number of hydrogen-bond acceptors (Lipinski definition) is 1. The van der Waals surface area contributed by atoms with Crippen molar-refractivity contribution in [1.29, 1.82) is 0 Å². The van der Waals surface area contributed by atoms with Crippen LogP contribution in [-0.2, 0) is 4.79 Å². The summed E-state index contributed by atoms with van der Waals surface area (Å²) < 4.78 is 0. The standard InChI is InChI=1S/C11H16O/c1-4-7-9-11(6-3,10-12)8-5-2/h2,7,9-10H,4,6,8H2,1,3H3/b9-7+. The molecule has 1 atom stereocenters. The number of carbonyl (C=O) groups excluding carboxylic acids is 1. The lowest BCUT2D eigenvalue weighted by molar-refractivity contribution is -0.114. The van der Waals surface area contributed by atoms with Gasteiger partial charge < -0.3 is 4.79 Å². The molecule has 0 aromatic heterocycles. The van der Waals surface area contributed by atoms with E-state index in [0.717, 1.165) is 19.1 Å². The van der Waals surface area contributed by atoms with Crippen LogP contribution in [0, 0.1) is 17.8 Å². The van der Waals surface area contributed by atoms with Gasteiger partial charge in [-0.2, -0.15) is 0 Å². The van der Waals surface area contributed by atoms with Gasteiger partial charge >= 0.3 is 0 Å². The summed E-state index contributed by atoms with van der Waals surface area (Å²) in [5.41, 5.74) is -0.412. The summed E-state index contributed by atoms with van der Waals surface area (Å²) in [7, 11) is 0. The van der Waals surface area contributed by atoms with Crippen molar-refractivity contribution >= 4 is 6.29 Å². The largest absolute Gasteiger partial charge is 0.302 e. The Hall–Kier alpha value is -1.03. The van der Waals surface area contributed by atoms with Crippen LogP contribution in [0.2, 0.25) is 0 Å². The zero-order valence-corrected chi connectivity index (χ0v) is 7.84. The zero-order valence-electron chi connectivity index (χ0n) is 7.84. The van der Waals surface area contributed by atoms with Gasteiger partial charge in [0.05, 0.1) is 5.41 Å². The van der Waals surface area contributed by atoms with Crippen molar-refractivity contribution in [1.82, 2.24) is 0 Å². The van der Waals surface area contributed by atoms with Gasteiger partial charge in [-0.15, -0.1) is 12.3 Å². The van der Waals surface area contributed by atoms with Gasteiger partial charge in [-0.1, -0.05) is 26.0 Å². The lowest BCUT2D eigenvalue weighted by Gasteiger charge is -2.18. The van der Waals surface area contributed by atoms with Crippen LogP contribution < -0.4 is 0 Å². The summed E-state index contributed by atoms with van der Waals surface area (Å²) in [6, 6.07) is 0. The van der Waals surface area contributed by atoms with Crippen LogP contribution in [0.5, 0.6) is 0 Å². The zero-order chi connectivity index (χ0) is 9.45.